The molecule has 0 fully saturated rings. The van der Waals surface area contributed by atoms with E-state index in [1.165, 1.54) is 0 Å². The number of hydrogen-bond donors (Lipinski definition) is 2. The number of para-hydroxylation sites is 1. The summed E-state index contributed by atoms with van der Waals surface area (Å²) >= 11 is 2.17. The summed E-state index contributed by atoms with van der Waals surface area (Å²) in [7, 11) is 0. The Kier molecular flexibility index (Phi) is 10.2. The van der Waals surface area contributed by atoms with Crippen LogP contribution in [-0.2, 0) is 4.74 Å². The van der Waals surface area contributed by atoms with Crippen molar-refractivity contribution in [3.63, 3.8) is 0 Å². The Morgan fingerprint density at radius 3 is 2.59 bits per heavy atom. The lowest BCUT2D eigenvalue weighted by Crippen LogP contribution is -2.06. The Labute approximate surface area is 115 Å². The van der Waals surface area contributed by atoms with Gasteiger partial charge in [-0.25, -0.2) is 4.79 Å². The summed E-state index contributed by atoms with van der Waals surface area (Å²) in [5.41, 5.74) is 0.593. The highest BCUT2D eigenvalue weighted by Gasteiger charge is 1.93. The molecule has 0 saturated heterocycles. The minimum atomic E-state index is -1.04. The average Bonchev–Trinajstić information content (AvgIpc) is 2.31. The fraction of sp³-hybridized carbons (Fsp3) is 0.250. The number of nitrogens with one attached hydrogen (secondary N) is 1. The maximum atomic E-state index is 10.1. The molecule has 0 heterocycles. The molecule has 4 nitrogen and oxygen atoms in total. The average molecular weight is 347 g/mol. The number of amides is 1. The van der Waals surface area contributed by atoms with E-state index in [-0.39, 0.29) is 0 Å². The van der Waals surface area contributed by atoms with E-state index >= 15 is 0 Å². The summed E-state index contributed by atoms with van der Waals surface area (Å²) in [5.74, 6) is 2.76. The molecular weight excluding hydrogens is 333 g/mol. The van der Waals surface area contributed by atoms with Crippen molar-refractivity contribution in [3.05, 3.63) is 30.3 Å². The van der Waals surface area contributed by atoms with E-state index in [2.05, 4.69) is 39.9 Å². The van der Waals surface area contributed by atoms with Gasteiger partial charge < -0.3 is 9.84 Å². The Morgan fingerprint density at radius 2 is 2.12 bits per heavy atom. The number of ether oxygens (including phenoxy) is 1. The lowest BCUT2D eigenvalue weighted by molar-refractivity contribution is 0.210. The van der Waals surface area contributed by atoms with Gasteiger partial charge in [-0.3, -0.25) is 5.32 Å². The second kappa shape index (κ2) is 11.1. The zero-order chi connectivity index (χ0) is 12.9. The molecular formula is C12H14INO3. The molecule has 17 heavy (non-hydrogen) atoms. The third-order valence-electron chi connectivity index (χ3n) is 1.38. The number of alkyl halides is 1. The second-order valence-corrected chi connectivity index (χ2v) is 3.40. The SMILES string of the molecule is CCOC#CCI.O=C(O)Nc1ccccc1. The first kappa shape index (κ1) is 15.6. The number of carboxylic acid groups (broad SMARTS) is 1. The first-order chi connectivity index (χ1) is 8.20. The third kappa shape index (κ3) is 10.9. The van der Waals surface area contributed by atoms with Crippen molar-refractivity contribution >= 4 is 34.4 Å². The maximum Gasteiger partial charge on any atom is 0.409 e. The topological polar surface area (TPSA) is 58.6 Å². The van der Waals surface area contributed by atoms with E-state index in [0.717, 1.165) is 4.43 Å². The minimum Gasteiger partial charge on any atom is -0.465 e. The van der Waals surface area contributed by atoms with Crippen molar-refractivity contribution in [2.45, 2.75) is 6.92 Å². The number of rotatable bonds is 2. The van der Waals surface area contributed by atoms with Gasteiger partial charge in [-0.05, 0) is 25.0 Å². The van der Waals surface area contributed by atoms with Crippen LogP contribution < -0.4 is 5.32 Å². The summed E-state index contributed by atoms with van der Waals surface area (Å²) in [6, 6.07) is 8.74. The number of benzene rings is 1. The molecule has 0 aromatic heterocycles. The van der Waals surface area contributed by atoms with Crippen LogP contribution in [0.25, 0.3) is 0 Å². The molecule has 0 aliphatic heterocycles. The molecule has 0 saturated carbocycles. The molecule has 0 atom stereocenters. The van der Waals surface area contributed by atoms with Crippen molar-refractivity contribution in [3.8, 4) is 12.0 Å². The fourth-order valence-electron chi connectivity index (χ4n) is 0.795. The smallest absolute Gasteiger partial charge is 0.409 e. The van der Waals surface area contributed by atoms with Crippen LogP contribution in [0.2, 0.25) is 0 Å². The largest absolute Gasteiger partial charge is 0.465 e. The summed E-state index contributed by atoms with van der Waals surface area (Å²) in [6.07, 6.45) is 1.49. The highest BCUT2D eigenvalue weighted by Crippen LogP contribution is 2.03. The van der Waals surface area contributed by atoms with Crippen LogP contribution in [0.3, 0.4) is 0 Å². The normalized spacial score (nSPS) is 7.88. The lowest BCUT2D eigenvalue weighted by atomic mass is 10.3. The van der Waals surface area contributed by atoms with Gasteiger partial charge in [0.15, 0.2) is 0 Å². The van der Waals surface area contributed by atoms with Gasteiger partial charge in [0.25, 0.3) is 0 Å². The third-order valence-corrected chi connectivity index (χ3v) is 1.76. The van der Waals surface area contributed by atoms with Crippen molar-refractivity contribution < 1.29 is 14.6 Å². The first-order valence-electron chi connectivity index (χ1n) is 4.91. The number of hydrogen-bond acceptors (Lipinski definition) is 2. The minimum absolute atomic E-state index is 0.593. The predicted molar refractivity (Wildman–Crippen MR) is 76.4 cm³/mol. The number of halogens is 1. The van der Waals surface area contributed by atoms with Crippen LogP contribution in [0.5, 0.6) is 0 Å². The Morgan fingerprint density at radius 1 is 1.47 bits per heavy atom. The van der Waals surface area contributed by atoms with E-state index in [1.807, 2.05) is 13.0 Å². The van der Waals surface area contributed by atoms with Gasteiger partial charge in [-0.2, -0.15) is 0 Å². The molecule has 0 spiro atoms. The molecule has 0 aliphatic rings. The molecule has 0 bridgehead atoms. The molecule has 1 amide bonds. The van der Waals surface area contributed by atoms with Crippen LogP contribution >= 0.6 is 22.6 Å². The zero-order valence-electron chi connectivity index (χ0n) is 9.44. The summed E-state index contributed by atoms with van der Waals surface area (Å²) < 4.78 is 5.55. The Balaban J connectivity index is 0.000000325. The van der Waals surface area contributed by atoms with Gasteiger partial charge in [0, 0.05) is 5.69 Å². The van der Waals surface area contributed by atoms with Crippen LogP contribution in [0, 0.1) is 12.0 Å². The molecule has 2 N–H and O–H groups in total. The Bertz CT molecular complexity index is 370. The lowest BCUT2D eigenvalue weighted by Gasteiger charge is -1.96. The van der Waals surface area contributed by atoms with E-state index in [9.17, 15) is 4.79 Å². The predicted octanol–water partition coefficient (Wildman–Crippen LogP) is 3.20. The molecule has 0 unspecified atom stereocenters. The van der Waals surface area contributed by atoms with E-state index in [4.69, 9.17) is 9.84 Å². The van der Waals surface area contributed by atoms with Crippen LogP contribution in [-0.4, -0.2) is 22.2 Å². The van der Waals surface area contributed by atoms with Crippen molar-refractivity contribution in [2.75, 3.05) is 16.4 Å². The van der Waals surface area contributed by atoms with Crippen LogP contribution in [0.1, 0.15) is 6.92 Å². The molecule has 5 heteroatoms. The first-order valence-corrected chi connectivity index (χ1v) is 6.43. The highest BCUT2D eigenvalue weighted by atomic mass is 127. The molecule has 1 rings (SSSR count). The quantitative estimate of drug-likeness (QED) is 0.491. The van der Waals surface area contributed by atoms with Gasteiger partial charge in [0.2, 0.25) is 0 Å². The molecule has 92 valence electrons. The highest BCUT2D eigenvalue weighted by molar-refractivity contribution is 14.1. The maximum absolute atomic E-state index is 10.1. The van der Waals surface area contributed by atoms with E-state index < -0.39 is 6.09 Å². The monoisotopic (exact) mass is 347 g/mol. The van der Waals surface area contributed by atoms with Crippen molar-refractivity contribution in [2.24, 2.45) is 0 Å². The second-order valence-electron chi connectivity index (χ2n) is 2.64. The molecule has 0 aliphatic carbocycles. The summed E-state index contributed by atoms with van der Waals surface area (Å²) in [4.78, 5) is 10.1. The number of anilines is 1. The van der Waals surface area contributed by atoms with E-state index in [0.29, 0.717) is 12.3 Å². The van der Waals surface area contributed by atoms with Crippen LogP contribution in [0.15, 0.2) is 30.3 Å². The Hall–Kier alpha value is -1.42. The van der Waals surface area contributed by atoms with Gasteiger partial charge in [0.1, 0.15) is 6.11 Å². The van der Waals surface area contributed by atoms with Crippen molar-refractivity contribution in [1.29, 1.82) is 0 Å². The summed E-state index contributed by atoms with van der Waals surface area (Å²) in [5, 5.41) is 10.5. The van der Waals surface area contributed by atoms with Crippen LogP contribution in [0.4, 0.5) is 10.5 Å². The number of carbonyl (C=O) groups is 1. The fourth-order valence-corrected chi connectivity index (χ4v) is 0.951. The van der Waals surface area contributed by atoms with Crippen molar-refractivity contribution in [1.82, 2.24) is 0 Å². The van der Waals surface area contributed by atoms with E-state index in [1.54, 1.807) is 24.3 Å². The standard InChI is InChI=1S/C7H7NO2.C5H7IO/c9-7(10)8-6-4-2-1-3-5-6;1-2-7-5-3-4-6/h1-5,8H,(H,9,10);2,4H2,1H3. The van der Waals surface area contributed by atoms with Gasteiger partial charge >= 0.3 is 6.09 Å². The summed E-state index contributed by atoms with van der Waals surface area (Å²) in [6.45, 7) is 2.60. The molecule has 0 radical (unpaired) electrons. The molecule has 1 aromatic rings. The molecule has 1 aromatic carbocycles. The van der Waals surface area contributed by atoms with Gasteiger partial charge in [-0.1, -0.05) is 40.8 Å². The van der Waals surface area contributed by atoms with Gasteiger partial charge in [0.05, 0.1) is 11.0 Å². The zero-order valence-corrected chi connectivity index (χ0v) is 11.6. The van der Waals surface area contributed by atoms with Gasteiger partial charge in [-0.15, -0.1) is 0 Å².